The summed E-state index contributed by atoms with van der Waals surface area (Å²) in [5.74, 6) is 0.894. The number of para-hydroxylation sites is 1. The highest BCUT2D eigenvalue weighted by Crippen LogP contribution is 2.37. The number of benzene rings is 2. The molecule has 1 aliphatic rings. The third kappa shape index (κ3) is 2.85. The number of thiophene rings is 1. The molecular formula is C20H20N2OS. The SMILES string of the molecule is COc1ccc(N2CN(c3ccccc3)CC2c2cccs2)cc1. The van der Waals surface area contributed by atoms with E-state index in [4.69, 9.17) is 4.74 Å². The van der Waals surface area contributed by atoms with Crippen LogP contribution >= 0.6 is 11.3 Å². The van der Waals surface area contributed by atoms with Gasteiger partial charge >= 0.3 is 0 Å². The van der Waals surface area contributed by atoms with Gasteiger partial charge in [-0.1, -0.05) is 24.3 Å². The van der Waals surface area contributed by atoms with Gasteiger partial charge in [0.25, 0.3) is 0 Å². The summed E-state index contributed by atoms with van der Waals surface area (Å²) in [5, 5.41) is 2.16. The van der Waals surface area contributed by atoms with Crippen molar-refractivity contribution in [3.8, 4) is 5.75 Å². The van der Waals surface area contributed by atoms with Crippen LogP contribution in [0.5, 0.6) is 5.75 Å². The Kier molecular flexibility index (Phi) is 4.13. The van der Waals surface area contributed by atoms with Crippen molar-refractivity contribution in [1.82, 2.24) is 0 Å². The van der Waals surface area contributed by atoms with Gasteiger partial charge in [0.15, 0.2) is 0 Å². The highest BCUT2D eigenvalue weighted by Gasteiger charge is 2.32. The van der Waals surface area contributed by atoms with E-state index in [1.165, 1.54) is 16.3 Å². The maximum atomic E-state index is 5.29. The maximum absolute atomic E-state index is 5.29. The molecule has 122 valence electrons. The van der Waals surface area contributed by atoms with Gasteiger partial charge in [0.2, 0.25) is 0 Å². The Morgan fingerprint density at radius 3 is 2.38 bits per heavy atom. The van der Waals surface area contributed by atoms with Gasteiger partial charge in [-0.2, -0.15) is 0 Å². The van der Waals surface area contributed by atoms with Crippen LogP contribution < -0.4 is 14.5 Å². The van der Waals surface area contributed by atoms with E-state index in [2.05, 4.69) is 69.8 Å². The molecule has 1 atom stereocenters. The number of methoxy groups -OCH3 is 1. The third-order valence-corrected chi connectivity index (χ3v) is 5.46. The second kappa shape index (κ2) is 6.57. The fraction of sp³-hybridized carbons (Fsp3) is 0.200. The van der Waals surface area contributed by atoms with Gasteiger partial charge in [0.1, 0.15) is 5.75 Å². The number of nitrogens with zero attached hydrogens (tertiary/aromatic N) is 2. The summed E-state index contributed by atoms with van der Waals surface area (Å²) in [4.78, 5) is 6.32. The van der Waals surface area contributed by atoms with Crippen LogP contribution in [0, 0.1) is 0 Å². The lowest BCUT2D eigenvalue weighted by molar-refractivity contribution is 0.415. The summed E-state index contributed by atoms with van der Waals surface area (Å²) < 4.78 is 5.29. The molecule has 0 spiro atoms. The zero-order chi connectivity index (χ0) is 16.4. The lowest BCUT2D eigenvalue weighted by Crippen LogP contribution is -2.25. The summed E-state index contributed by atoms with van der Waals surface area (Å²) in [6.45, 7) is 1.88. The van der Waals surface area contributed by atoms with Gasteiger partial charge in [-0.05, 0) is 47.8 Å². The Morgan fingerprint density at radius 2 is 1.71 bits per heavy atom. The van der Waals surface area contributed by atoms with Gasteiger partial charge in [-0.3, -0.25) is 0 Å². The fourth-order valence-electron chi connectivity index (χ4n) is 3.23. The average molecular weight is 336 g/mol. The van der Waals surface area contributed by atoms with Crippen LogP contribution in [-0.4, -0.2) is 20.3 Å². The minimum absolute atomic E-state index is 0.374. The minimum Gasteiger partial charge on any atom is -0.497 e. The molecule has 2 aromatic carbocycles. The zero-order valence-corrected chi connectivity index (χ0v) is 14.4. The molecular weight excluding hydrogens is 316 g/mol. The predicted octanol–water partition coefficient (Wildman–Crippen LogP) is 4.78. The van der Waals surface area contributed by atoms with Gasteiger partial charge in [-0.15, -0.1) is 11.3 Å². The lowest BCUT2D eigenvalue weighted by Gasteiger charge is -2.25. The lowest BCUT2D eigenvalue weighted by atomic mass is 10.2. The second-order valence-electron chi connectivity index (χ2n) is 5.90. The average Bonchev–Trinajstić information content (AvgIpc) is 3.32. The Morgan fingerprint density at radius 1 is 0.917 bits per heavy atom. The van der Waals surface area contributed by atoms with E-state index in [1.807, 2.05) is 23.5 Å². The maximum Gasteiger partial charge on any atom is 0.119 e. The number of anilines is 2. The van der Waals surface area contributed by atoms with Crippen LogP contribution in [0.15, 0.2) is 72.1 Å². The van der Waals surface area contributed by atoms with E-state index in [0.29, 0.717) is 6.04 Å². The van der Waals surface area contributed by atoms with Crippen LogP contribution in [0.1, 0.15) is 10.9 Å². The van der Waals surface area contributed by atoms with Gasteiger partial charge in [0, 0.05) is 22.8 Å². The first-order valence-corrected chi connectivity index (χ1v) is 8.97. The molecule has 4 rings (SSSR count). The summed E-state index contributed by atoms with van der Waals surface area (Å²) in [6.07, 6.45) is 0. The molecule has 0 radical (unpaired) electrons. The molecule has 1 aromatic heterocycles. The third-order valence-electron chi connectivity index (χ3n) is 4.49. The molecule has 1 unspecified atom stereocenters. The summed E-state index contributed by atoms with van der Waals surface area (Å²) >= 11 is 1.83. The zero-order valence-electron chi connectivity index (χ0n) is 13.6. The first-order chi connectivity index (χ1) is 11.8. The fourth-order valence-corrected chi connectivity index (χ4v) is 4.06. The first kappa shape index (κ1) is 15.1. The molecule has 1 saturated heterocycles. The van der Waals surface area contributed by atoms with Crippen molar-refractivity contribution in [3.63, 3.8) is 0 Å². The largest absolute Gasteiger partial charge is 0.497 e. The van der Waals surface area contributed by atoms with Crippen molar-refractivity contribution in [2.24, 2.45) is 0 Å². The van der Waals surface area contributed by atoms with Crippen molar-refractivity contribution in [3.05, 3.63) is 77.0 Å². The topological polar surface area (TPSA) is 15.7 Å². The standard InChI is InChI=1S/C20H20N2OS/c1-23-18-11-9-17(10-12-18)22-15-21(16-6-3-2-4-7-16)14-19(22)20-8-5-13-24-20/h2-13,19H,14-15H2,1H3. The number of rotatable bonds is 4. The minimum atomic E-state index is 0.374. The number of hydrogen-bond acceptors (Lipinski definition) is 4. The molecule has 0 N–H and O–H groups in total. The quantitative estimate of drug-likeness (QED) is 0.682. The van der Waals surface area contributed by atoms with Crippen LogP contribution in [0.2, 0.25) is 0 Å². The molecule has 0 bridgehead atoms. The van der Waals surface area contributed by atoms with E-state index >= 15 is 0 Å². The summed E-state index contributed by atoms with van der Waals surface area (Å²) in [7, 11) is 1.70. The highest BCUT2D eigenvalue weighted by molar-refractivity contribution is 7.10. The Labute approximate surface area is 146 Å². The molecule has 3 nitrogen and oxygen atoms in total. The van der Waals surface area contributed by atoms with Crippen molar-refractivity contribution in [2.75, 3.05) is 30.1 Å². The molecule has 4 heteroatoms. The van der Waals surface area contributed by atoms with Crippen molar-refractivity contribution in [1.29, 1.82) is 0 Å². The Bertz CT molecular complexity index is 771. The molecule has 0 saturated carbocycles. The predicted molar refractivity (Wildman–Crippen MR) is 101 cm³/mol. The van der Waals surface area contributed by atoms with E-state index in [0.717, 1.165) is 19.0 Å². The van der Waals surface area contributed by atoms with Crippen molar-refractivity contribution in [2.45, 2.75) is 6.04 Å². The van der Waals surface area contributed by atoms with Gasteiger partial charge in [-0.25, -0.2) is 0 Å². The highest BCUT2D eigenvalue weighted by atomic mass is 32.1. The van der Waals surface area contributed by atoms with Gasteiger partial charge in [0.05, 0.1) is 19.8 Å². The van der Waals surface area contributed by atoms with Gasteiger partial charge < -0.3 is 14.5 Å². The molecule has 0 amide bonds. The smallest absolute Gasteiger partial charge is 0.119 e. The summed E-state index contributed by atoms with van der Waals surface area (Å²) in [6, 6.07) is 23.7. The molecule has 24 heavy (non-hydrogen) atoms. The first-order valence-electron chi connectivity index (χ1n) is 8.09. The molecule has 1 fully saturated rings. The second-order valence-corrected chi connectivity index (χ2v) is 6.88. The number of ether oxygens (including phenoxy) is 1. The Balaban J connectivity index is 1.66. The van der Waals surface area contributed by atoms with Crippen LogP contribution in [0.25, 0.3) is 0 Å². The van der Waals surface area contributed by atoms with E-state index in [-0.39, 0.29) is 0 Å². The van der Waals surface area contributed by atoms with Crippen LogP contribution in [-0.2, 0) is 0 Å². The van der Waals surface area contributed by atoms with E-state index in [1.54, 1.807) is 7.11 Å². The molecule has 2 heterocycles. The Hall–Kier alpha value is -2.46. The normalized spacial score (nSPS) is 17.3. The monoisotopic (exact) mass is 336 g/mol. The molecule has 1 aliphatic heterocycles. The molecule has 3 aromatic rings. The van der Waals surface area contributed by atoms with E-state index in [9.17, 15) is 0 Å². The number of hydrogen-bond donors (Lipinski definition) is 0. The van der Waals surface area contributed by atoms with E-state index < -0.39 is 0 Å². The van der Waals surface area contributed by atoms with Crippen LogP contribution in [0.4, 0.5) is 11.4 Å². The summed E-state index contributed by atoms with van der Waals surface area (Å²) in [5.41, 5.74) is 2.50. The molecule has 0 aliphatic carbocycles. The van der Waals surface area contributed by atoms with Crippen molar-refractivity contribution < 1.29 is 4.74 Å². The van der Waals surface area contributed by atoms with Crippen LogP contribution in [0.3, 0.4) is 0 Å². The van der Waals surface area contributed by atoms with Crippen molar-refractivity contribution >= 4 is 22.7 Å².